The molecule has 1 aliphatic heterocycles. The predicted molar refractivity (Wildman–Crippen MR) is 127 cm³/mol. The van der Waals surface area contributed by atoms with Crippen LogP contribution >= 0.6 is 0 Å². The van der Waals surface area contributed by atoms with Crippen LogP contribution < -0.4 is 9.47 Å². The second kappa shape index (κ2) is 8.45. The summed E-state index contributed by atoms with van der Waals surface area (Å²) in [4.78, 5) is 24.3. The van der Waals surface area contributed by atoms with E-state index in [-0.39, 0.29) is 28.6 Å². The summed E-state index contributed by atoms with van der Waals surface area (Å²) in [6, 6.07) is 18.4. The van der Waals surface area contributed by atoms with Crippen LogP contribution in [0.25, 0.3) is 27.9 Å². The second-order valence-corrected chi connectivity index (χ2v) is 7.73. The highest BCUT2D eigenvalue weighted by Crippen LogP contribution is 2.49. The number of ether oxygens (including phenoxy) is 2. The van der Waals surface area contributed by atoms with Gasteiger partial charge in [0, 0.05) is 0 Å². The van der Waals surface area contributed by atoms with Crippen molar-refractivity contribution in [2.75, 3.05) is 14.2 Å². The van der Waals surface area contributed by atoms with E-state index in [9.17, 15) is 19.8 Å². The van der Waals surface area contributed by atoms with Gasteiger partial charge in [0.05, 0.1) is 42.2 Å². The Morgan fingerprint density at radius 1 is 0.657 bits per heavy atom. The predicted octanol–water partition coefficient (Wildman–Crippen LogP) is 4.99. The lowest BCUT2D eigenvalue weighted by Gasteiger charge is -2.12. The van der Waals surface area contributed by atoms with Crippen molar-refractivity contribution in [2.24, 2.45) is 10.2 Å². The average molecular weight is 469 g/mol. The van der Waals surface area contributed by atoms with Gasteiger partial charge in [-0.15, -0.1) is 10.2 Å². The molecule has 5 rings (SSSR count). The molecule has 174 valence electrons. The number of rotatable bonds is 5. The first-order chi connectivity index (χ1) is 16.9. The molecule has 4 aromatic rings. The van der Waals surface area contributed by atoms with Crippen molar-refractivity contribution in [3.8, 4) is 51.2 Å². The summed E-state index contributed by atoms with van der Waals surface area (Å²) in [7, 11) is 3.11. The molecule has 1 aliphatic rings. The number of amides is 2. The Bertz CT molecular complexity index is 1430. The molecule has 0 fully saturated rings. The summed E-state index contributed by atoms with van der Waals surface area (Å²) in [6.07, 6.45) is 0. The van der Waals surface area contributed by atoms with Crippen LogP contribution in [0.15, 0.2) is 77.0 Å². The molecule has 2 heterocycles. The Labute approximate surface area is 199 Å². The quantitative estimate of drug-likeness (QED) is 0.425. The number of hydrogen-bond donors (Lipinski definition) is 2. The maximum Gasteiger partial charge on any atom is 0.296 e. The zero-order valence-electron chi connectivity index (χ0n) is 18.7. The number of methoxy groups -OCH3 is 2. The van der Waals surface area contributed by atoms with Gasteiger partial charge in [-0.2, -0.15) is 0 Å². The number of azo groups is 1. The van der Waals surface area contributed by atoms with E-state index < -0.39 is 11.8 Å². The summed E-state index contributed by atoms with van der Waals surface area (Å²) in [5.74, 6) is -0.558. The third kappa shape index (κ3) is 3.59. The highest BCUT2D eigenvalue weighted by molar-refractivity contribution is 6.11. The Kier molecular flexibility index (Phi) is 5.29. The lowest BCUT2D eigenvalue weighted by molar-refractivity contribution is 0.0920. The van der Waals surface area contributed by atoms with Gasteiger partial charge in [0.25, 0.3) is 11.8 Å². The summed E-state index contributed by atoms with van der Waals surface area (Å²) < 4.78 is 11.7. The van der Waals surface area contributed by atoms with Crippen LogP contribution in [0.2, 0.25) is 0 Å². The number of carbonyl (C=O) groups is 2. The molecule has 0 atom stereocenters. The number of carbonyl (C=O) groups excluding carboxylic acids is 2. The minimum Gasteiger partial charge on any atom is -0.497 e. The third-order valence-corrected chi connectivity index (χ3v) is 5.83. The first-order valence-corrected chi connectivity index (χ1v) is 10.5. The van der Waals surface area contributed by atoms with Crippen molar-refractivity contribution >= 4 is 11.8 Å². The van der Waals surface area contributed by atoms with Crippen LogP contribution in [0, 0.1) is 0 Å². The van der Waals surface area contributed by atoms with Crippen LogP contribution in [0.3, 0.4) is 0 Å². The van der Waals surface area contributed by atoms with E-state index in [4.69, 9.17) is 9.47 Å². The van der Waals surface area contributed by atoms with E-state index in [2.05, 4.69) is 10.2 Å². The molecule has 35 heavy (non-hydrogen) atoms. The Hall–Kier alpha value is -4.92. The van der Waals surface area contributed by atoms with E-state index in [1.807, 2.05) is 0 Å². The largest absolute Gasteiger partial charge is 0.497 e. The maximum absolute atomic E-state index is 12.2. The van der Waals surface area contributed by atoms with Crippen LogP contribution in [0.5, 0.6) is 23.3 Å². The van der Waals surface area contributed by atoms with Crippen molar-refractivity contribution in [3.63, 3.8) is 0 Å². The molecule has 0 saturated carbocycles. The lowest BCUT2D eigenvalue weighted by atomic mass is 9.98. The Morgan fingerprint density at radius 3 is 1.57 bits per heavy atom. The highest BCUT2D eigenvalue weighted by Gasteiger charge is 2.28. The zero-order chi connectivity index (χ0) is 24.7. The van der Waals surface area contributed by atoms with E-state index in [0.29, 0.717) is 33.8 Å². The van der Waals surface area contributed by atoms with Gasteiger partial charge in [0.2, 0.25) is 11.8 Å². The lowest BCUT2D eigenvalue weighted by Crippen LogP contribution is -2.11. The van der Waals surface area contributed by atoms with Crippen LogP contribution in [0.1, 0.15) is 20.7 Å². The summed E-state index contributed by atoms with van der Waals surface area (Å²) in [6.45, 7) is 0. The topological polar surface area (TPSA) is 123 Å². The number of aromatic nitrogens is 1. The normalized spacial score (nSPS) is 12.5. The molecular formula is C26H19N3O6. The summed E-state index contributed by atoms with van der Waals surface area (Å²) in [5.41, 5.74) is 2.40. The number of fused-ring (bicyclic) bond motifs is 1. The fourth-order valence-electron chi connectivity index (χ4n) is 4.09. The Morgan fingerprint density at radius 2 is 1.11 bits per heavy atom. The SMILES string of the molecule is COc1ccc(-c2c(-c3ccc(OC)cc3)c(O)n(-c3ccc4c(c3)C(=O)N=NC4=O)c2O)cc1. The third-order valence-electron chi connectivity index (χ3n) is 5.83. The fourth-order valence-corrected chi connectivity index (χ4v) is 4.09. The molecule has 0 radical (unpaired) electrons. The van der Waals surface area contributed by atoms with Crippen LogP contribution in [-0.4, -0.2) is 40.8 Å². The van der Waals surface area contributed by atoms with Gasteiger partial charge < -0.3 is 19.7 Å². The van der Waals surface area contributed by atoms with Gasteiger partial charge in [-0.05, 0) is 53.6 Å². The van der Waals surface area contributed by atoms with Crippen LogP contribution in [0.4, 0.5) is 0 Å². The van der Waals surface area contributed by atoms with E-state index in [1.54, 1.807) is 62.8 Å². The van der Waals surface area contributed by atoms with Crippen molar-refractivity contribution < 1.29 is 29.3 Å². The molecule has 2 amide bonds. The number of benzene rings is 3. The summed E-state index contributed by atoms with van der Waals surface area (Å²) >= 11 is 0. The van der Waals surface area contributed by atoms with Crippen molar-refractivity contribution in [1.29, 1.82) is 0 Å². The average Bonchev–Trinajstić information content (AvgIpc) is 3.15. The minimum absolute atomic E-state index is 0.0343. The maximum atomic E-state index is 12.2. The van der Waals surface area contributed by atoms with Gasteiger partial charge in [-0.3, -0.25) is 14.2 Å². The van der Waals surface area contributed by atoms with Gasteiger partial charge in [-0.25, -0.2) is 0 Å². The molecule has 0 aliphatic carbocycles. The first-order valence-electron chi connectivity index (χ1n) is 10.5. The highest BCUT2D eigenvalue weighted by atomic mass is 16.5. The smallest absolute Gasteiger partial charge is 0.296 e. The first kappa shape index (κ1) is 21.9. The van der Waals surface area contributed by atoms with E-state index >= 15 is 0 Å². The second-order valence-electron chi connectivity index (χ2n) is 7.73. The molecule has 0 bridgehead atoms. The molecule has 0 unspecified atom stereocenters. The number of nitrogens with zero attached hydrogens (tertiary/aromatic N) is 3. The molecule has 2 N–H and O–H groups in total. The van der Waals surface area contributed by atoms with Crippen molar-refractivity contribution in [3.05, 3.63) is 77.9 Å². The molecule has 9 nitrogen and oxygen atoms in total. The number of aromatic hydroxyl groups is 2. The van der Waals surface area contributed by atoms with Crippen molar-refractivity contribution in [2.45, 2.75) is 0 Å². The molecule has 3 aromatic carbocycles. The molecule has 0 spiro atoms. The summed E-state index contributed by atoms with van der Waals surface area (Å²) in [5, 5.41) is 29.4. The molecule has 0 saturated heterocycles. The molecular weight excluding hydrogens is 450 g/mol. The minimum atomic E-state index is -0.682. The fraction of sp³-hybridized carbons (Fsp3) is 0.0769. The monoisotopic (exact) mass is 469 g/mol. The van der Waals surface area contributed by atoms with Gasteiger partial charge >= 0.3 is 0 Å². The van der Waals surface area contributed by atoms with Gasteiger partial charge in [-0.1, -0.05) is 24.3 Å². The van der Waals surface area contributed by atoms with Gasteiger partial charge in [0.1, 0.15) is 11.5 Å². The molecule has 1 aromatic heterocycles. The van der Waals surface area contributed by atoms with Crippen LogP contribution in [-0.2, 0) is 0 Å². The zero-order valence-corrected chi connectivity index (χ0v) is 18.7. The van der Waals surface area contributed by atoms with Crippen molar-refractivity contribution in [1.82, 2.24) is 4.57 Å². The van der Waals surface area contributed by atoms with Gasteiger partial charge in [0.15, 0.2) is 0 Å². The van der Waals surface area contributed by atoms with E-state index in [1.165, 1.54) is 22.8 Å². The number of hydrogen-bond acceptors (Lipinski definition) is 6. The van der Waals surface area contributed by atoms with E-state index in [0.717, 1.165) is 0 Å². The molecule has 9 heteroatoms. The Balaban J connectivity index is 1.75. The standard InChI is InChI=1S/C26H19N3O6/c1-34-17-8-3-14(4-9-17)21-22(15-5-10-18(35-2)11-6-15)26(33)29(25(21)32)16-7-12-19-20(13-16)24(31)28-27-23(19)30/h3-13,32-33H,1-2H3.